The Morgan fingerprint density at radius 3 is 2.62 bits per heavy atom. The van der Waals surface area contributed by atoms with Crippen LogP contribution in [0, 0.1) is 40.4 Å². The summed E-state index contributed by atoms with van der Waals surface area (Å²) >= 11 is 0. The minimum atomic E-state index is -1.01. The van der Waals surface area contributed by atoms with E-state index in [0.717, 1.165) is 49.4 Å². The van der Waals surface area contributed by atoms with Gasteiger partial charge in [0.15, 0.2) is 0 Å². The van der Waals surface area contributed by atoms with Crippen LogP contribution in [-0.2, 0) is 0 Å². The molecule has 29 heavy (non-hydrogen) atoms. The van der Waals surface area contributed by atoms with Crippen LogP contribution in [0.15, 0.2) is 11.6 Å². The number of allylic oxidation sites excluding steroid dienone is 1. The van der Waals surface area contributed by atoms with E-state index in [1.54, 1.807) is 5.57 Å². The summed E-state index contributed by atoms with van der Waals surface area (Å²) in [6.07, 6.45) is 15.2. The van der Waals surface area contributed by atoms with E-state index in [9.17, 15) is 10.2 Å². The SMILES string of the molecule is [B]C(O)(CCCC1CCC2C3CC=C4CC(O)CCC4(C)C3CCC12C)C(C)C. The van der Waals surface area contributed by atoms with Crippen molar-refractivity contribution in [1.29, 1.82) is 0 Å². The lowest BCUT2D eigenvalue weighted by Gasteiger charge is -2.58. The molecule has 8 atom stereocenters. The van der Waals surface area contributed by atoms with Gasteiger partial charge in [-0.15, -0.1) is 0 Å². The Labute approximate surface area is 180 Å². The maximum atomic E-state index is 10.4. The minimum absolute atomic E-state index is 0.109. The molecule has 2 nitrogen and oxygen atoms in total. The molecule has 0 saturated heterocycles. The van der Waals surface area contributed by atoms with Crippen LogP contribution in [0.4, 0.5) is 0 Å². The van der Waals surface area contributed by atoms with Crippen molar-refractivity contribution < 1.29 is 10.2 Å². The average molecular weight is 398 g/mol. The zero-order valence-corrected chi connectivity index (χ0v) is 19.3. The topological polar surface area (TPSA) is 40.5 Å². The normalized spacial score (nSPS) is 46.4. The van der Waals surface area contributed by atoms with Crippen molar-refractivity contribution in [3.8, 4) is 0 Å². The standard InChI is InChI=1S/C26H43BO2/c1-17(2)26(27,29)13-5-6-18-8-10-22-21-9-7-19-16-20(28)11-14-25(19,4)23(21)12-15-24(18,22)3/h7,17-18,20-23,28-29H,5-6,8-16H2,1-4H3. The van der Waals surface area contributed by atoms with E-state index in [1.807, 2.05) is 13.8 Å². The zero-order valence-electron chi connectivity index (χ0n) is 19.3. The highest BCUT2D eigenvalue weighted by Crippen LogP contribution is 2.66. The minimum Gasteiger partial charge on any atom is -0.400 e. The smallest absolute Gasteiger partial charge is 0.113 e. The Hall–Kier alpha value is -0.275. The molecule has 4 aliphatic rings. The summed E-state index contributed by atoms with van der Waals surface area (Å²) in [5.74, 6) is 3.42. The first-order chi connectivity index (χ1) is 13.6. The molecule has 2 radical (unpaired) electrons. The van der Waals surface area contributed by atoms with E-state index in [-0.39, 0.29) is 12.0 Å². The molecule has 3 saturated carbocycles. The summed E-state index contributed by atoms with van der Waals surface area (Å²) in [5.41, 5.74) is 1.38. The number of hydrogen-bond donors (Lipinski definition) is 2. The van der Waals surface area contributed by atoms with Crippen molar-refractivity contribution in [2.24, 2.45) is 40.4 Å². The second kappa shape index (κ2) is 7.70. The van der Waals surface area contributed by atoms with Gasteiger partial charge >= 0.3 is 0 Å². The molecular formula is C26H43BO2. The Kier molecular flexibility index (Phi) is 5.82. The van der Waals surface area contributed by atoms with Crippen molar-refractivity contribution >= 4 is 7.85 Å². The molecule has 0 bridgehead atoms. The third kappa shape index (κ3) is 3.67. The zero-order chi connectivity index (χ0) is 21.0. The summed E-state index contributed by atoms with van der Waals surface area (Å²) in [5, 5.41) is 20.6. The van der Waals surface area contributed by atoms with Crippen molar-refractivity contribution in [3.63, 3.8) is 0 Å². The second-order valence-electron chi connectivity index (χ2n) is 12.0. The van der Waals surface area contributed by atoms with Gasteiger partial charge in [-0.05, 0) is 105 Å². The molecule has 3 fully saturated rings. The predicted octanol–water partition coefficient (Wildman–Crippen LogP) is 5.61. The van der Waals surface area contributed by atoms with E-state index < -0.39 is 5.50 Å². The van der Waals surface area contributed by atoms with Gasteiger partial charge < -0.3 is 10.2 Å². The van der Waals surface area contributed by atoms with Crippen LogP contribution in [0.2, 0.25) is 0 Å². The third-order valence-corrected chi connectivity index (χ3v) is 10.4. The Balaban J connectivity index is 1.45. The van der Waals surface area contributed by atoms with Crippen LogP contribution in [0.1, 0.15) is 98.3 Å². The van der Waals surface area contributed by atoms with Gasteiger partial charge in [-0.25, -0.2) is 0 Å². The summed E-state index contributed by atoms with van der Waals surface area (Å²) < 4.78 is 0. The van der Waals surface area contributed by atoms with Gasteiger partial charge in [-0.3, -0.25) is 0 Å². The summed E-state index contributed by atoms with van der Waals surface area (Å²) in [4.78, 5) is 0. The van der Waals surface area contributed by atoms with E-state index in [2.05, 4.69) is 19.9 Å². The van der Waals surface area contributed by atoms with Gasteiger partial charge in [-0.2, -0.15) is 0 Å². The van der Waals surface area contributed by atoms with Crippen LogP contribution in [-0.4, -0.2) is 29.7 Å². The monoisotopic (exact) mass is 398 g/mol. The van der Waals surface area contributed by atoms with Crippen LogP contribution in [0.5, 0.6) is 0 Å². The van der Waals surface area contributed by atoms with Gasteiger partial charge in [0.05, 0.1) is 6.10 Å². The molecule has 0 spiro atoms. The number of fused-ring (bicyclic) bond motifs is 5. The Bertz CT molecular complexity index is 641. The van der Waals surface area contributed by atoms with Crippen molar-refractivity contribution in [2.45, 2.75) is 110 Å². The van der Waals surface area contributed by atoms with Crippen molar-refractivity contribution in [2.75, 3.05) is 0 Å². The molecule has 0 amide bonds. The van der Waals surface area contributed by atoms with Crippen LogP contribution in [0.3, 0.4) is 0 Å². The molecule has 0 aliphatic heterocycles. The number of aliphatic hydroxyl groups excluding tert-OH is 1. The maximum absolute atomic E-state index is 10.4. The highest BCUT2D eigenvalue weighted by molar-refractivity contribution is 6.14. The Morgan fingerprint density at radius 1 is 1.14 bits per heavy atom. The molecule has 0 heterocycles. The van der Waals surface area contributed by atoms with Crippen molar-refractivity contribution in [1.82, 2.24) is 0 Å². The van der Waals surface area contributed by atoms with Crippen LogP contribution >= 0.6 is 0 Å². The lowest BCUT2D eigenvalue weighted by Crippen LogP contribution is -2.50. The quantitative estimate of drug-likeness (QED) is 0.467. The average Bonchev–Trinajstić information content (AvgIpc) is 2.99. The predicted molar refractivity (Wildman–Crippen MR) is 121 cm³/mol. The largest absolute Gasteiger partial charge is 0.400 e. The van der Waals surface area contributed by atoms with Gasteiger partial charge in [0.1, 0.15) is 7.85 Å². The van der Waals surface area contributed by atoms with Crippen LogP contribution < -0.4 is 0 Å². The van der Waals surface area contributed by atoms with E-state index in [4.69, 9.17) is 7.85 Å². The molecule has 3 heteroatoms. The molecule has 0 aromatic carbocycles. The highest BCUT2D eigenvalue weighted by Gasteiger charge is 2.58. The van der Waals surface area contributed by atoms with E-state index >= 15 is 0 Å². The van der Waals surface area contributed by atoms with Crippen LogP contribution in [0.25, 0.3) is 0 Å². The lowest BCUT2D eigenvalue weighted by molar-refractivity contribution is -0.0514. The van der Waals surface area contributed by atoms with Crippen molar-refractivity contribution in [3.05, 3.63) is 11.6 Å². The summed E-state index contributed by atoms with van der Waals surface area (Å²) in [7, 11) is 6.11. The molecule has 0 aromatic heterocycles. The third-order valence-electron chi connectivity index (χ3n) is 10.4. The highest BCUT2D eigenvalue weighted by atomic mass is 16.3. The molecule has 0 aromatic rings. The van der Waals surface area contributed by atoms with E-state index in [0.29, 0.717) is 10.8 Å². The molecule has 8 unspecified atom stereocenters. The van der Waals surface area contributed by atoms with Gasteiger partial charge in [0.2, 0.25) is 0 Å². The lowest BCUT2D eigenvalue weighted by atomic mass is 9.47. The maximum Gasteiger partial charge on any atom is 0.113 e. The van der Waals surface area contributed by atoms with E-state index in [1.165, 1.54) is 44.9 Å². The number of rotatable bonds is 5. The molecule has 4 rings (SSSR count). The molecule has 2 N–H and O–H groups in total. The first kappa shape index (κ1) is 21.9. The Morgan fingerprint density at radius 2 is 1.90 bits per heavy atom. The second-order valence-corrected chi connectivity index (χ2v) is 12.0. The molecular weight excluding hydrogens is 355 g/mol. The fourth-order valence-corrected chi connectivity index (χ4v) is 8.15. The first-order valence-corrected chi connectivity index (χ1v) is 12.5. The molecule has 162 valence electrons. The summed E-state index contributed by atoms with van der Waals surface area (Å²) in [6, 6.07) is 0. The van der Waals surface area contributed by atoms with Gasteiger partial charge in [0, 0.05) is 5.50 Å². The number of aliphatic hydroxyl groups is 2. The fraction of sp³-hybridized carbons (Fsp3) is 0.923. The molecule has 4 aliphatic carbocycles. The van der Waals surface area contributed by atoms with Gasteiger partial charge in [0.25, 0.3) is 0 Å². The number of hydrogen-bond acceptors (Lipinski definition) is 2. The fourth-order valence-electron chi connectivity index (χ4n) is 8.15. The first-order valence-electron chi connectivity index (χ1n) is 12.5. The van der Waals surface area contributed by atoms with Gasteiger partial charge in [-0.1, -0.05) is 45.8 Å². The summed E-state index contributed by atoms with van der Waals surface area (Å²) in [6.45, 7) is 9.15.